The molecular formula is C38H56N6O2. The van der Waals surface area contributed by atoms with Crippen LogP contribution in [0.1, 0.15) is 88.0 Å². The first-order chi connectivity index (χ1) is 21.4. The van der Waals surface area contributed by atoms with Crippen molar-refractivity contribution in [1.29, 1.82) is 0 Å². The molecule has 46 heavy (non-hydrogen) atoms. The molecule has 5 aliphatic rings. The van der Waals surface area contributed by atoms with Crippen molar-refractivity contribution in [3.63, 3.8) is 0 Å². The summed E-state index contributed by atoms with van der Waals surface area (Å²) >= 11 is 0. The molecule has 1 aliphatic heterocycles. The maximum atomic E-state index is 14.2. The molecule has 6 atom stereocenters. The first-order valence-corrected chi connectivity index (χ1v) is 17.6. The molecule has 0 unspecified atom stereocenters. The van der Waals surface area contributed by atoms with E-state index in [0.29, 0.717) is 36.0 Å². The number of allylic oxidation sites excluding steroid dienone is 6. The molecule has 4 aliphatic carbocycles. The van der Waals surface area contributed by atoms with Crippen LogP contribution in [0, 0.1) is 34.5 Å². The van der Waals surface area contributed by atoms with Gasteiger partial charge in [0.15, 0.2) is 11.6 Å². The van der Waals surface area contributed by atoms with Gasteiger partial charge in [-0.2, -0.15) is 9.97 Å². The fourth-order valence-corrected chi connectivity index (χ4v) is 9.47. The summed E-state index contributed by atoms with van der Waals surface area (Å²) < 4.78 is 0. The highest BCUT2D eigenvalue weighted by Crippen LogP contribution is 2.65. The highest BCUT2D eigenvalue weighted by molar-refractivity contribution is 6.01. The third-order valence-corrected chi connectivity index (χ3v) is 11.4. The second kappa shape index (κ2) is 11.6. The number of nitrogens with zero attached hydrogens (tertiary/aromatic N) is 4. The van der Waals surface area contributed by atoms with Crippen LogP contribution in [0.3, 0.4) is 0 Å². The fraction of sp³-hybridized carbons (Fsp3) is 0.684. The van der Waals surface area contributed by atoms with Crippen molar-refractivity contribution >= 4 is 29.2 Å². The lowest BCUT2D eigenvalue weighted by Crippen LogP contribution is -2.51. The number of hydrogen-bond donors (Lipinski definition) is 2. The van der Waals surface area contributed by atoms with Crippen LogP contribution in [0.4, 0.5) is 17.6 Å². The third-order valence-electron chi connectivity index (χ3n) is 11.4. The molecule has 1 aromatic heterocycles. The number of carbonyl (C=O) groups is 2. The molecule has 6 rings (SSSR count). The zero-order valence-electron chi connectivity index (χ0n) is 29.7. The first kappa shape index (κ1) is 32.9. The Bertz CT molecular complexity index is 1440. The average Bonchev–Trinajstić information content (AvgIpc) is 3.21. The Hall–Kier alpha value is -3.00. The fourth-order valence-electron chi connectivity index (χ4n) is 9.47. The van der Waals surface area contributed by atoms with Gasteiger partial charge in [0.05, 0.1) is 6.54 Å². The second-order valence-electron chi connectivity index (χ2n) is 17.3. The number of Topliss-reactive ketones (excluding diaryl/α,β-unsaturated/α-hetero) is 1. The van der Waals surface area contributed by atoms with Gasteiger partial charge in [-0.3, -0.25) is 14.5 Å². The van der Waals surface area contributed by atoms with E-state index in [2.05, 4.69) is 101 Å². The monoisotopic (exact) mass is 628 g/mol. The summed E-state index contributed by atoms with van der Waals surface area (Å²) in [6, 6.07) is 2.05. The van der Waals surface area contributed by atoms with Gasteiger partial charge in [0, 0.05) is 54.7 Å². The lowest BCUT2D eigenvalue weighted by Gasteiger charge is -2.52. The van der Waals surface area contributed by atoms with Crippen LogP contribution < -0.4 is 15.5 Å². The lowest BCUT2D eigenvalue weighted by atomic mass is 9.52. The van der Waals surface area contributed by atoms with Crippen LogP contribution in [0.5, 0.6) is 0 Å². The molecule has 1 aromatic rings. The van der Waals surface area contributed by atoms with Crippen molar-refractivity contribution in [3.05, 3.63) is 41.5 Å². The van der Waals surface area contributed by atoms with E-state index in [4.69, 9.17) is 9.97 Å². The van der Waals surface area contributed by atoms with Crippen LogP contribution in [0.15, 0.2) is 41.5 Å². The van der Waals surface area contributed by atoms with Crippen molar-refractivity contribution in [2.24, 2.45) is 34.5 Å². The van der Waals surface area contributed by atoms with Crippen LogP contribution in [-0.4, -0.2) is 70.2 Å². The number of nitrogens with one attached hydrogen (secondary N) is 2. The third kappa shape index (κ3) is 6.31. The summed E-state index contributed by atoms with van der Waals surface area (Å²) in [5.74, 6) is 4.38. The van der Waals surface area contributed by atoms with Crippen molar-refractivity contribution in [1.82, 2.24) is 14.9 Å². The van der Waals surface area contributed by atoms with E-state index >= 15 is 0 Å². The topological polar surface area (TPSA) is 90.5 Å². The number of piperazine rings is 1. The molecule has 2 heterocycles. The number of aromatic nitrogens is 2. The Balaban J connectivity index is 1.13. The molecule has 8 heteroatoms. The Morgan fingerprint density at radius 2 is 1.72 bits per heavy atom. The molecular weight excluding hydrogens is 572 g/mol. The number of anilines is 3. The molecule has 2 saturated carbocycles. The highest BCUT2D eigenvalue weighted by atomic mass is 16.1. The van der Waals surface area contributed by atoms with Gasteiger partial charge in [-0.1, -0.05) is 37.1 Å². The van der Waals surface area contributed by atoms with Gasteiger partial charge < -0.3 is 15.5 Å². The standard InChI is InChI=1S/C38H56N6O2/c1-24-20-29-27-11-10-25-21-26(45)12-14-37(25,8)28(27)13-15-38(29,9)33(24)30(46)23-43-16-18-44(19-17-43)32-22-31(41-35(2,3)4)39-34(40-32)42-36(5,6)7/h12-14,21-22,24,27,29,33H,10-11,15-20,23H2,1-9H3,(H2,39,40,41,42)/t24-,27-,29+,33-,37+,38+/m1/s1. The zero-order chi connectivity index (χ0) is 33.2. The van der Waals surface area contributed by atoms with Gasteiger partial charge in [0.1, 0.15) is 11.6 Å². The summed E-state index contributed by atoms with van der Waals surface area (Å²) in [5, 5.41) is 6.97. The van der Waals surface area contributed by atoms with Crippen molar-refractivity contribution in [2.75, 3.05) is 48.3 Å². The normalized spacial score (nSPS) is 33.1. The molecule has 2 N–H and O–H groups in total. The predicted octanol–water partition coefficient (Wildman–Crippen LogP) is 6.68. The van der Waals surface area contributed by atoms with Gasteiger partial charge in [0.2, 0.25) is 5.95 Å². The Morgan fingerprint density at radius 1 is 1.02 bits per heavy atom. The number of carbonyl (C=O) groups excluding carboxylic acids is 2. The molecule has 1 saturated heterocycles. The lowest BCUT2D eigenvalue weighted by molar-refractivity contribution is -0.129. The summed E-state index contributed by atoms with van der Waals surface area (Å²) in [6.07, 6.45) is 12.4. The van der Waals surface area contributed by atoms with Crippen molar-refractivity contribution < 1.29 is 9.59 Å². The van der Waals surface area contributed by atoms with Crippen LogP contribution >= 0.6 is 0 Å². The van der Waals surface area contributed by atoms with E-state index < -0.39 is 0 Å². The summed E-state index contributed by atoms with van der Waals surface area (Å²) in [5.41, 5.74) is 2.36. The molecule has 0 bridgehead atoms. The molecule has 8 nitrogen and oxygen atoms in total. The van der Waals surface area contributed by atoms with Crippen LogP contribution in [0.25, 0.3) is 0 Å². The van der Waals surface area contributed by atoms with Gasteiger partial charge >= 0.3 is 0 Å². The Labute approximate surface area is 276 Å². The van der Waals surface area contributed by atoms with Gasteiger partial charge in [-0.05, 0) is 109 Å². The van der Waals surface area contributed by atoms with E-state index in [1.165, 1.54) is 11.1 Å². The van der Waals surface area contributed by atoms with Gasteiger partial charge in [-0.15, -0.1) is 0 Å². The maximum absolute atomic E-state index is 14.2. The first-order valence-electron chi connectivity index (χ1n) is 17.6. The zero-order valence-corrected chi connectivity index (χ0v) is 29.7. The number of fused-ring (bicyclic) bond motifs is 5. The Kier molecular flexibility index (Phi) is 8.31. The minimum absolute atomic E-state index is 0.00780. The second-order valence-corrected chi connectivity index (χ2v) is 17.3. The highest BCUT2D eigenvalue weighted by Gasteiger charge is 2.59. The molecule has 250 valence electrons. The minimum Gasteiger partial charge on any atom is -0.365 e. The summed E-state index contributed by atoms with van der Waals surface area (Å²) in [4.78, 5) is 40.7. The van der Waals surface area contributed by atoms with Crippen molar-refractivity contribution in [3.8, 4) is 0 Å². The van der Waals surface area contributed by atoms with E-state index in [9.17, 15) is 9.59 Å². The molecule has 0 amide bonds. The molecule has 3 fully saturated rings. The van der Waals surface area contributed by atoms with Crippen LogP contribution in [0.2, 0.25) is 0 Å². The Morgan fingerprint density at radius 3 is 2.39 bits per heavy atom. The predicted molar refractivity (Wildman–Crippen MR) is 187 cm³/mol. The number of rotatable bonds is 6. The molecule has 0 spiro atoms. The van der Waals surface area contributed by atoms with Gasteiger partial charge in [-0.25, -0.2) is 0 Å². The van der Waals surface area contributed by atoms with E-state index in [1.807, 2.05) is 6.08 Å². The number of hydrogen-bond acceptors (Lipinski definition) is 8. The smallest absolute Gasteiger partial charge is 0.227 e. The number of ketones is 2. The quantitative estimate of drug-likeness (QED) is 0.338. The van der Waals surface area contributed by atoms with Crippen LogP contribution in [-0.2, 0) is 9.59 Å². The van der Waals surface area contributed by atoms with E-state index in [0.717, 1.165) is 63.5 Å². The summed E-state index contributed by atoms with van der Waals surface area (Å²) in [6.45, 7) is 23.6. The van der Waals surface area contributed by atoms with E-state index in [-0.39, 0.29) is 33.6 Å². The summed E-state index contributed by atoms with van der Waals surface area (Å²) in [7, 11) is 0. The maximum Gasteiger partial charge on any atom is 0.227 e. The van der Waals surface area contributed by atoms with Crippen molar-refractivity contribution in [2.45, 2.75) is 99.1 Å². The minimum atomic E-state index is -0.151. The van der Waals surface area contributed by atoms with Gasteiger partial charge in [0.25, 0.3) is 0 Å². The molecule has 0 radical (unpaired) electrons. The SMILES string of the molecule is C[C@@H]1C[C@H]2[C@@H]3CCC4=CC(=O)C=C[C@]4(C)C3=CC[C@]2(C)[C@H]1C(=O)CN1CCN(c2cc(NC(C)(C)C)nc(NC(C)(C)C)n2)CC1. The largest absolute Gasteiger partial charge is 0.365 e. The molecule has 0 aromatic carbocycles. The average molecular weight is 629 g/mol. The van der Waals surface area contributed by atoms with E-state index in [1.54, 1.807) is 6.08 Å².